The number of piperidine rings is 1. The zero-order valence-corrected chi connectivity index (χ0v) is 11.5. The number of nitrogens with zero attached hydrogens (tertiary/aromatic N) is 2. The lowest BCUT2D eigenvalue weighted by Gasteiger charge is -2.41. The molecule has 3 heteroatoms. The summed E-state index contributed by atoms with van der Waals surface area (Å²) in [6.45, 7) is 6.88. The van der Waals surface area contributed by atoms with E-state index < -0.39 is 0 Å². The second-order valence-corrected chi connectivity index (χ2v) is 5.47. The molecule has 1 fully saturated rings. The summed E-state index contributed by atoms with van der Waals surface area (Å²) >= 11 is 5.86. The second-order valence-electron chi connectivity index (χ2n) is 5.03. The van der Waals surface area contributed by atoms with E-state index in [-0.39, 0.29) is 0 Å². The summed E-state index contributed by atoms with van der Waals surface area (Å²) in [5.74, 6) is 1.07. The van der Waals surface area contributed by atoms with Crippen molar-refractivity contribution in [2.75, 3.05) is 18.0 Å². The number of halogens is 1. The largest absolute Gasteiger partial charge is 0.357 e. The molecule has 0 unspecified atom stereocenters. The fourth-order valence-corrected chi connectivity index (χ4v) is 2.83. The van der Waals surface area contributed by atoms with Gasteiger partial charge >= 0.3 is 0 Å². The van der Waals surface area contributed by atoms with Crippen LogP contribution in [-0.4, -0.2) is 18.1 Å². The molecule has 0 aliphatic carbocycles. The maximum Gasteiger partial charge on any atom is 0.128 e. The van der Waals surface area contributed by atoms with Crippen LogP contribution in [0.5, 0.6) is 0 Å². The Labute approximate surface area is 109 Å². The first-order chi connectivity index (χ1) is 8.19. The van der Waals surface area contributed by atoms with Crippen LogP contribution < -0.4 is 4.90 Å². The van der Waals surface area contributed by atoms with Crippen molar-refractivity contribution in [2.24, 2.45) is 5.41 Å². The summed E-state index contributed by atoms with van der Waals surface area (Å²) in [5.41, 5.74) is 0.572. The fourth-order valence-electron chi connectivity index (χ4n) is 2.72. The van der Waals surface area contributed by atoms with Crippen LogP contribution in [-0.2, 0) is 0 Å². The molecule has 0 N–H and O–H groups in total. The molecule has 0 amide bonds. The number of hydrogen-bond acceptors (Lipinski definition) is 2. The van der Waals surface area contributed by atoms with Crippen molar-refractivity contribution in [3.8, 4) is 0 Å². The van der Waals surface area contributed by atoms with Gasteiger partial charge < -0.3 is 4.90 Å². The zero-order valence-electron chi connectivity index (χ0n) is 10.7. The smallest absolute Gasteiger partial charge is 0.128 e. The van der Waals surface area contributed by atoms with Gasteiger partial charge in [0.2, 0.25) is 0 Å². The van der Waals surface area contributed by atoms with Gasteiger partial charge in [-0.25, -0.2) is 4.98 Å². The van der Waals surface area contributed by atoms with Gasteiger partial charge in [-0.3, -0.25) is 0 Å². The number of anilines is 1. The molecule has 2 heterocycles. The highest BCUT2D eigenvalue weighted by Gasteiger charge is 2.31. The molecule has 0 spiro atoms. The van der Waals surface area contributed by atoms with Gasteiger partial charge in [0.05, 0.1) is 5.02 Å². The number of hydrogen-bond donors (Lipinski definition) is 0. The van der Waals surface area contributed by atoms with E-state index in [4.69, 9.17) is 11.6 Å². The molecule has 2 rings (SSSR count). The highest BCUT2D eigenvalue weighted by atomic mass is 35.5. The first kappa shape index (κ1) is 12.7. The lowest BCUT2D eigenvalue weighted by atomic mass is 9.74. The molecule has 1 aliphatic heterocycles. The van der Waals surface area contributed by atoms with E-state index in [0.29, 0.717) is 10.4 Å². The SMILES string of the molecule is CCC1(CC)CCN(c2ccc(Cl)cn2)CC1. The molecule has 0 radical (unpaired) electrons. The Morgan fingerprint density at radius 1 is 1.24 bits per heavy atom. The molecule has 0 saturated carbocycles. The molecule has 2 nitrogen and oxygen atoms in total. The van der Waals surface area contributed by atoms with Crippen LogP contribution in [0.25, 0.3) is 0 Å². The Bertz CT molecular complexity index is 347. The van der Waals surface area contributed by atoms with Gasteiger partial charge in [0.1, 0.15) is 5.82 Å². The van der Waals surface area contributed by atoms with Crippen molar-refractivity contribution in [2.45, 2.75) is 39.5 Å². The average molecular weight is 253 g/mol. The van der Waals surface area contributed by atoms with E-state index >= 15 is 0 Å². The molecule has 17 heavy (non-hydrogen) atoms. The minimum atomic E-state index is 0.572. The molecule has 0 bridgehead atoms. The van der Waals surface area contributed by atoms with E-state index in [0.717, 1.165) is 18.9 Å². The van der Waals surface area contributed by atoms with Crippen molar-refractivity contribution in [3.05, 3.63) is 23.4 Å². The first-order valence-electron chi connectivity index (χ1n) is 6.55. The molecule has 0 atom stereocenters. The lowest BCUT2D eigenvalue weighted by molar-refractivity contribution is 0.199. The summed E-state index contributed by atoms with van der Waals surface area (Å²) in [4.78, 5) is 6.77. The van der Waals surface area contributed by atoms with E-state index in [2.05, 4.69) is 23.7 Å². The van der Waals surface area contributed by atoms with Crippen LogP contribution in [0.3, 0.4) is 0 Å². The molecule has 94 valence electrons. The van der Waals surface area contributed by atoms with Crippen LogP contribution in [0.2, 0.25) is 5.02 Å². The van der Waals surface area contributed by atoms with Crippen molar-refractivity contribution >= 4 is 17.4 Å². The lowest BCUT2D eigenvalue weighted by Crippen LogP contribution is -2.40. The minimum absolute atomic E-state index is 0.572. The maximum absolute atomic E-state index is 5.86. The summed E-state index contributed by atoms with van der Waals surface area (Å²) in [7, 11) is 0. The Balaban J connectivity index is 2.01. The Morgan fingerprint density at radius 2 is 1.88 bits per heavy atom. The van der Waals surface area contributed by atoms with Crippen molar-refractivity contribution in [1.29, 1.82) is 0 Å². The number of rotatable bonds is 3. The topological polar surface area (TPSA) is 16.1 Å². The standard InChI is InChI=1S/C14H21ClN2/c1-3-14(4-2)7-9-17(10-8-14)13-6-5-12(15)11-16-13/h5-6,11H,3-4,7-10H2,1-2H3. The summed E-state index contributed by atoms with van der Waals surface area (Å²) < 4.78 is 0. The Hall–Kier alpha value is -0.760. The van der Waals surface area contributed by atoms with Crippen LogP contribution >= 0.6 is 11.6 Å². The Kier molecular flexibility index (Phi) is 3.93. The number of pyridine rings is 1. The molecule has 1 saturated heterocycles. The van der Waals surface area contributed by atoms with E-state index in [1.807, 2.05) is 12.1 Å². The quantitative estimate of drug-likeness (QED) is 0.804. The summed E-state index contributed by atoms with van der Waals surface area (Å²) in [6, 6.07) is 3.94. The van der Waals surface area contributed by atoms with Gasteiger partial charge in [-0.05, 0) is 30.4 Å². The third-order valence-corrected chi connectivity index (χ3v) is 4.58. The highest BCUT2D eigenvalue weighted by Crippen LogP contribution is 2.38. The monoisotopic (exact) mass is 252 g/mol. The third kappa shape index (κ3) is 2.74. The fraction of sp³-hybridized carbons (Fsp3) is 0.643. The van der Waals surface area contributed by atoms with Gasteiger partial charge in [0.15, 0.2) is 0 Å². The molecular formula is C14H21ClN2. The van der Waals surface area contributed by atoms with Crippen LogP contribution in [0.1, 0.15) is 39.5 Å². The molecule has 1 aliphatic rings. The Morgan fingerprint density at radius 3 is 2.35 bits per heavy atom. The maximum atomic E-state index is 5.86. The molecule has 1 aromatic rings. The molecule has 1 aromatic heterocycles. The first-order valence-corrected chi connectivity index (χ1v) is 6.93. The zero-order chi connectivity index (χ0) is 12.3. The van der Waals surface area contributed by atoms with Crippen LogP contribution in [0.4, 0.5) is 5.82 Å². The predicted octanol–water partition coefficient (Wildman–Crippen LogP) is 4.14. The minimum Gasteiger partial charge on any atom is -0.357 e. The third-order valence-electron chi connectivity index (χ3n) is 4.36. The van der Waals surface area contributed by atoms with E-state index in [9.17, 15) is 0 Å². The summed E-state index contributed by atoms with van der Waals surface area (Å²) in [6.07, 6.45) is 6.89. The van der Waals surface area contributed by atoms with Crippen LogP contribution in [0, 0.1) is 5.41 Å². The van der Waals surface area contributed by atoms with E-state index in [1.165, 1.54) is 25.7 Å². The summed E-state index contributed by atoms with van der Waals surface area (Å²) in [5, 5.41) is 0.710. The van der Waals surface area contributed by atoms with Crippen molar-refractivity contribution < 1.29 is 0 Å². The van der Waals surface area contributed by atoms with Gasteiger partial charge in [-0.15, -0.1) is 0 Å². The number of aromatic nitrogens is 1. The predicted molar refractivity (Wildman–Crippen MR) is 73.7 cm³/mol. The van der Waals surface area contributed by atoms with Gasteiger partial charge in [-0.1, -0.05) is 38.3 Å². The van der Waals surface area contributed by atoms with Crippen LogP contribution in [0.15, 0.2) is 18.3 Å². The second kappa shape index (κ2) is 5.26. The normalized spacial score (nSPS) is 19.4. The average Bonchev–Trinajstić information content (AvgIpc) is 2.40. The molecular weight excluding hydrogens is 232 g/mol. The van der Waals surface area contributed by atoms with Crippen molar-refractivity contribution in [1.82, 2.24) is 4.98 Å². The highest BCUT2D eigenvalue weighted by molar-refractivity contribution is 6.30. The van der Waals surface area contributed by atoms with E-state index in [1.54, 1.807) is 6.20 Å². The van der Waals surface area contributed by atoms with Gasteiger partial charge in [0.25, 0.3) is 0 Å². The van der Waals surface area contributed by atoms with Gasteiger partial charge in [-0.2, -0.15) is 0 Å². The van der Waals surface area contributed by atoms with Gasteiger partial charge in [0, 0.05) is 19.3 Å². The van der Waals surface area contributed by atoms with Crippen molar-refractivity contribution in [3.63, 3.8) is 0 Å². The molecule has 0 aromatic carbocycles.